The van der Waals surface area contributed by atoms with Gasteiger partial charge in [-0.3, -0.25) is 4.79 Å². The van der Waals surface area contributed by atoms with Gasteiger partial charge in [0.15, 0.2) is 0 Å². The molecule has 2 aromatic rings. The number of ether oxygens (including phenoxy) is 2. The van der Waals surface area contributed by atoms with E-state index in [1.165, 1.54) is 0 Å². The molecule has 2 aromatic carbocycles. The topological polar surface area (TPSA) is 47.6 Å². The number of carbonyl (C=O) groups is 1. The zero-order valence-corrected chi connectivity index (χ0v) is 17.3. The summed E-state index contributed by atoms with van der Waals surface area (Å²) in [5, 5.41) is 3.88. The molecule has 4 nitrogen and oxygen atoms in total. The first-order valence-electron chi connectivity index (χ1n) is 8.85. The third-order valence-corrected chi connectivity index (χ3v) is 5.68. The highest BCUT2D eigenvalue weighted by Crippen LogP contribution is 2.41. The van der Waals surface area contributed by atoms with Crippen LogP contribution in [-0.4, -0.2) is 24.4 Å². The molecule has 1 heterocycles. The lowest BCUT2D eigenvalue weighted by Crippen LogP contribution is -2.41. The zero-order valence-electron chi connectivity index (χ0n) is 15.8. The summed E-state index contributed by atoms with van der Waals surface area (Å²) in [7, 11) is 1.63. The van der Waals surface area contributed by atoms with Gasteiger partial charge in [-0.1, -0.05) is 23.7 Å². The summed E-state index contributed by atoms with van der Waals surface area (Å²) in [6.07, 6.45) is 0.722. The molecule has 144 valence electrons. The molecule has 0 aliphatic carbocycles. The normalized spacial score (nSPS) is 17.6. The van der Waals surface area contributed by atoms with Crippen LogP contribution < -0.4 is 14.8 Å². The van der Waals surface area contributed by atoms with Crippen LogP contribution >= 0.6 is 23.4 Å². The molecular weight excluding hydrogens is 382 g/mol. The van der Waals surface area contributed by atoms with E-state index in [0.717, 1.165) is 39.8 Å². The van der Waals surface area contributed by atoms with Crippen molar-refractivity contribution in [1.82, 2.24) is 5.32 Å². The highest BCUT2D eigenvalue weighted by molar-refractivity contribution is 7.99. The average Bonchev–Trinajstić information content (AvgIpc) is 2.62. The Balaban J connectivity index is 1.60. The van der Waals surface area contributed by atoms with E-state index in [9.17, 15) is 4.79 Å². The molecule has 0 fully saturated rings. The van der Waals surface area contributed by atoms with Crippen LogP contribution in [0.4, 0.5) is 0 Å². The van der Waals surface area contributed by atoms with Crippen molar-refractivity contribution in [3.63, 3.8) is 0 Å². The third kappa shape index (κ3) is 5.33. The molecule has 3 rings (SSSR count). The minimum atomic E-state index is -0.353. The molecule has 0 saturated heterocycles. The van der Waals surface area contributed by atoms with Gasteiger partial charge in [0.2, 0.25) is 5.91 Å². The SMILES string of the molecule is COc1ccc2c(c1)OC(C)(C)C[C@H]2NC(=O)CSCc1ccc(Cl)cc1. The van der Waals surface area contributed by atoms with Crippen molar-refractivity contribution in [2.75, 3.05) is 12.9 Å². The number of amides is 1. The maximum Gasteiger partial charge on any atom is 0.230 e. The molecule has 27 heavy (non-hydrogen) atoms. The van der Waals surface area contributed by atoms with Gasteiger partial charge in [0.05, 0.1) is 18.9 Å². The minimum Gasteiger partial charge on any atom is -0.497 e. The predicted molar refractivity (Wildman–Crippen MR) is 111 cm³/mol. The summed E-state index contributed by atoms with van der Waals surface area (Å²) in [6, 6.07) is 13.4. The van der Waals surface area contributed by atoms with Gasteiger partial charge in [0, 0.05) is 28.8 Å². The lowest BCUT2D eigenvalue weighted by atomic mass is 9.89. The van der Waals surface area contributed by atoms with Crippen LogP contribution in [0, 0.1) is 0 Å². The van der Waals surface area contributed by atoms with Crippen LogP contribution in [0.25, 0.3) is 0 Å². The second-order valence-corrected chi connectivity index (χ2v) is 8.63. The van der Waals surface area contributed by atoms with Crippen LogP contribution in [0.15, 0.2) is 42.5 Å². The number of methoxy groups -OCH3 is 1. The standard InChI is InChI=1S/C21H24ClNO3S/c1-21(2)11-18(17-9-8-16(25-3)10-19(17)26-21)23-20(24)13-27-12-14-4-6-15(22)7-5-14/h4-10,18H,11-13H2,1-3H3,(H,23,24)/t18-/m1/s1. The number of benzene rings is 2. The first-order chi connectivity index (χ1) is 12.9. The summed E-state index contributed by atoms with van der Waals surface area (Å²) in [5.41, 5.74) is 1.79. The molecule has 0 spiro atoms. The van der Waals surface area contributed by atoms with Gasteiger partial charge in [-0.05, 0) is 43.7 Å². The quantitative estimate of drug-likeness (QED) is 0.734. The molecule has 0 saturated carbocycles. The third-order valence-electron chi connectivity index (χ3n) is 4.43. The Morgan fingerprint density at radius 3 is 2.74 bits per heavy atom. The lowest BCUT2D eigenvalue weighted by Gasteiger charge is -2.38. The van der Waals surface area contributed by atoms with Crippen molar-refractivity contribution in [2.45, 2.75) is 37.7 Å². The van der Waals surface area contributed by atoms with Crippen LogP contribution in [0.5, 0.6) is 11.5 Å². The fourth-order valence-corrected chi connectivity index (χ4v) is 4.09. The van der Waals surface area contributed by atoms with E-state index in [1.54, 1.807) is 18.9 Å². The van der Waals surface area contributed by atoms with Gasteiger partial charge in [-0.25, -0.2) is 0 Å². The Kier molecular flexibility index (Phi) is 6.22. The number of thioether (sulfide) groups is 1. The molecule has 1 aliphatic rings. The number of halogens is 1. The Morgan fingerprint density at radius 1 is 1.30 bits per heavy atom. The largest absolute Gasteiger partial charge is 0.497 e. The van der Waals surface area contributed by atoms with Crippen LogP contribution in [0.3, 0.4) is 0 Å². The maximum absolute atomic E-state index is 12.5. The van der Waals surface area contributed by atoms with Crippen molar-refractivity contribution in [2.24, 2.45) is 0 Å². The van der Waals surface area contributed by atoms with E-state index in [2.05, 4.69) is 5.32 Å². The van der Waals surface area contributed by atoms with Crippen molar-refractivity contribution >= 4 is 29.3 Å². The van der Waals surface area contributed by atoms with Crippen LogP contribution in [-0.2, 0) is 10.5 Å². The Bertz CT molecular complexity index is 808. The smallest absolute Gasteiger partial charge is 0.230 e. The van der Waals surface area contributed by atoms with Gasteiger partial charge in [0.25, 0.3) is 0 Å². The van der Waals surface area contributed by atoms with E-state index >= 15 is 0 Å². The summed E-state index contributed by atoms with van der Waals surface area (Å²) in [5.74, 6) is 2.72. The van der Waals surface area contributed by atoms with Gasteiger partial charge in [-0.15, -0.1) is 11.8 Å². The fraction of sp³-hybridized carbons (Fsp3) is 0.381. The number of hydrogen-bond donors (Lipinski definition) is 1. The van der Waals surface area contributed by atoms with E-state index in [0.29, 0.717) is 5.75 Å². The molecule has 6 heteroatoms. The minimum absolute atomic E-state index is 0.0263. The number of hydrogen-bond acceptors (Lipinski definition) is 4. The molecule has 0 unspecified atom stereocenters. The number of carbonyl (C=O) groups excluding carboxylic acids is 1. The van der Waals surface area contributed by atoms with Crippen molar-refractivity contribution < 1.29 is 14.3 Å². The highest BCUT2D eigenvalue weighted by Gasteiger charge is 2.34. The number of fused-ring (bicyclic) bond motifs is 1. The maximum atomic E-state index is 12.5. The zero-order chi connectivity index (χ0) is 19.4. The van der Waals surface area contributed by atoms with E-state index < -0.39 is 0 Å². The number of rotatable bonds is 6. The second kappa shape index (κ2) is 8.44. The Labute approximate surface area is 169 Å². The highest BCUT2D eigenvalue weighted by atomic mass is 35.5. The van der Waals surface area contributed by atoms with Crippen LogP contribution in [0.1, 0.15) is 37.4 Å². The van der Waals surface area contributed by atoms with Crippen molar-refractivity contribution in [1.29, 1.82) is 0 Å². The molecule has 0 radical (unpaired) electrons. The summed E-state index contributed by atoms with van der Waals surface area (Å²) < 4.78 is 11.4. The van der Waals surface area contributed by atoms with Gasteiger partial charge < -0.3 is 14.8 Å². The molecule has 0 aromatic heterocycles. The van der Waals surface area contributed by atoms with E-state index in [-0.39, 0.29) is 17.6 Å². The second-order valence-electron chi connectivity index (χ2n) is 7.21. The molecule has 0 bridgehead atoms. The van der Waals surface area contributed by atoms with Gasteiger partial charge in [-0.2, -0.15) is 0 Å². The summed E-state index contributed by atoms with van der Waals surface area (Å²) in [6.45, 7) is 4.06. The molecule has 1 N–H and O–H groups in total. The number of nitrogens with one attached hydrogen (secondary N) is 1. The molecule has 1 amide bonds. The first-order valence-corrected chi connectivity index (χ1v) is 10.4. The van der Waals surface area contributed by atoms with E-state index in [1.807, 2.05) is 56.3 Å². The monoisotopic (exact) mass is 405 g/mol. The first kappa shape index (κ1) is 19.9. The lowest BCUT2D eigenvalue weighted by molar-refractivity contribution is -0.119. The van der Waals surface area contributed by atoms with Crippen LogP contribution in [0.2, 0.25) is 5.02 Å². The summed E-state index contributed by atoms with van der Waals surface area (Å²) in [4.78, 5) is 12.5. The Hall–Kier alpha value is -1.85. The molecular formula is C21H24ClNO3S. The fourth-order valence-electron chi connectivity index (χ4n) is 3.17. The predicted octanol–water partition coefficient (Wildman–Crippen LogP) is 5.00. The van der Waals surface area contributed by atoms with Gasteiger partial charge in [0.1, 0.15) is 17.1 Å². The van der Waals surface area contributed by atoms with Crippen molar-refractivity contribution in [3.05, 3.63) is 58.6 Å². The average molecular weight is 406 g/mol. The van der Waals surface area contributed by atoms with Crippen molar-refractivity contribution in [3.8, 4) is 11.5 Å². The summed E-state index contributed by atoms with van der Waals surface area (Å²) >= 11 is 7.49. The Morgan fingerprint density at radius 2 is 2.04 bits per heavy atom. The van der Waals surface area contributed by atoms with E-state index in [4.69, 9.17) is 21.1 Å². The molecule has 1 atom stereocenters. The molecule has 1 aliphatic heterocycles. The van der Waals surface area contributed by atoms with Gasteiger partial charge >= 0.3 is 0 Å².